The number of benzene rings is 2. The first-order chi connectivity index (χ1) is 15.7. The lowest BCUT2D eigenvalue weighted by Crippen LogP contribution is -2.51. The Bertz CT molecular complexity index is 958. The predicted molar refractivity (Wildman–Crippen MR) is 123 cm³/mol. The van der Waals surface area contributed by atoms with Crippen LogP contribution in [-0.4, -0.2) is 75.3 Å². The average Bonchev–Trinajstić information content (AvgIpc) is 3.32. The summed E-state index contributed by atoms with van der Waals surface area (Å²) in [6, 6.07) is 14.5. The summed E-state index contributed by atoms with van der Waals surface area (Å²) in [5, 5.41) is 0. The van der Waals surface area contributed by atoms with Gasteiger partial charge in [-0.05, 0) is 49.2 Å². The number of carbonyl (C=O) groups excluding carboxylic acids is 1. The van der Waals surface area contributed by atoms with Gasteiger partial charge in [-0.1, -0.05) is 18.2 Å². The Morgan fingerprint density at radius 1 is 1.00 bits per heavy atom. The standard InChI is InChI=1S/C25H31N3O4/c1-30-22-7-3-2-5-21(22)26-11-13-27(14-12-26)25(29)18-28-10-4-6-20(28)19-8-9-23-24(17-19)32-16-15-31-23/h2-3,5,7-9,17,20H,4,6,10-16,18H2,1H3/t20-/m1/s1. The second-order valence-corrected chi connectivity index (χ2v) is 8.57. The van der Waals surface area contributed by atoms with Crippen LogP contribution in [-0.2, 0) is 4.79 Å². The van der Waals surface area contributed by atoms with Crippen LogP contribution in [0.25, 0.3) is 0 Å². The molecule has 0 unspecified atom stereocenters. The Labute approximate surface area is 189 Å². The first-order valence-electron chi connectivity index (χ1n) is 11.5. The summed E-state index contributed by atoms with van der Waals surface area (Å²) in [4.78, 5) is 19.8. The zero-order valence-corrected chi connectivity index (χ0v) is 18.7. The SMILES string of the molecule is COc1ccccc1N1CCN(C(=O)CN2CCC[C@@H]2c2ccc3c(c2)OCCO3)CC1. The third kappa shape index (κ3) is 4.21. The van der Waals surface area contributed by atoms with Crippen LogP contribution in [0.3, 0.4) is 0 Å². The van der Waals surface area contributed by atoms with E-state index in [4.69, 9.17) is 14.2 Å². The molecule has 7 heteroatoms. The molecule has 0 aromatic heterocycles. The van der Waals surface area contributed by atoms with E-state index in [1.807, 2.05) is 29.2 Å². The van der Waals surface area contributed by atoms with Gasteiger partial charge in [0.1, 0.15) is 19.0 Å². The largest absolute Gasteiger partial charge is 0.495 e. The van der Waals surface area contributed by atoms with Gasteiger partial charge in [0.25, 0.3) is 0 Å². The summed E-state index contributed by atoms with van der Waals surface area (Å²) >= 11 is 0. The molecular formula is C25H31N3O4. The van der Waals surface area contributed by atoms with Crippen LogP contribution in [0.4, 0.5) is 5.69 Å². The van der Waals surface area contributed by atoms with Crippen LogP contribution in [0, 0.1) is 0 Å². The van der Waals surface area contributed by atoms with Crippen molar-refractivity contribution >= 4 is 11.6 Å². The van der Waals surface area contributed by atoms with Crippen LogP contribution in [0.1, 0.15) is 24.4 Å². The van der Waals surface area contributed by atoms with Crippen LogP contribution in [0.2, 0.25) is 0 Å². The van der Waals surface area contributed by atoms with E-state index in [0.29, 0.717) is 19.8 Å². The van der Waals surface area contributed by atoms with Crippen molar-refractivity contribution in [2.75, 3.05) is 64.5 Å². The van der Waals surface area contributed by atoms with Crippen molar-refractivity contribution in [3.05, 3.63) is 48.0 Å². The van der Waals surface area contributed by atoms with Gasteiger partial charge in [-0.25, -0.2) is 0 Å². The molecule has 2 aromatic carbocycles. The summed E-state index contributed by atoms with van der Waals surface area (Å²) in [7, 11) is 1.70. The lowest BCUT2D eigenvalue weighted by atomic mass is 10.0. The fourth-order valence-electron chi connectivity index (χ4n) is 5.02. The van der Waals surface area contributed by atoms with Crippen LogP contribution >= 0.6 is 0 Å². The molecule has 1 amide bonds. The van der Waals surface area contributed by atoms with Crippen LogP contribution in [0.15, 0.2) is 42.5 Å². The summed E-state index contributed by atoms with van der Waals surface area (Å²) in [6.45, 7) is 5.71. The number of nitrogens with zero attached hydrogens (tertiary/aromatic N) is 3. The number of ether oxygens (including phenoxy) is 3. The maximum atomic E-state index is 13.1. The van der Waals surface area contributed by atoms with E-state index in [2.05, 4.69) is 28.0 Å². The van der Waals surface area contributed by atoms with Crippen molar-refractivity contribution in [2.24, 2.45) is 0 Å². The second-order valence-electron chi connectivity index (χ2n) is 8.57. The summed E-state index contributed by atoms with van der Waals surface area (Å²) in [5.74, 6) is 2.73. The quantitative estimate of drug-likeness (QED) is 0.717. The van der Waals surface area contributed by atoms with Gasteiger partial charge in [0.05, 0.1) is 19.3 Å². The number of hydrogen-bond donors (Lipinski definition) is 0. The number of amides is 1. The Balaban J connectivity index is 1.20. The van der Waals surface area contributed by atoms with Crippen LogP contribution < -0.4 is 19.1 Å². The van der Waals surface area contributed by atoms with Crippen molar-refractivity contribution in [3.8, 4) is 17.2 Å². The van der Waals surface area contributed by atoms with Gasteiger partial charge in [-0.2, -0.15) is 0 Å². The molecule has 0 bridgehead atoms. The molecule has 0 saturated carbocycles. The molecule has 0 radical (unpaired) electrons. The van der Waals surface area contributed by atoms with Crippen molar-refractivity contribution in [1.29, 1.82) is 0 Å². The van der Waals surface area contributed by atoms with Gasteiger partial charge in [0.2, 0.25) is 5.91 Å². The van der Waals surface area contributed by atoms with E-state index in [0.717, 1.165) is 68.5 Å². The summed E-state index contributed by atoms with van der Waals surface area (Å²) < 4.78 is 16.9. The van der Waals surface area contributed by atoms with E-state index >= 15 is 0 Å². The minimum atomic E-state index is 0.217. The minimum Gasteiger partial charge on any atom is -0.495 e. The average molecular weight is 438 g/mol. The number of carbonyl (C=O) groups is 1. The number of anilines is 1. The van der Waals surface area contributed by atoms with Crippen molar-refractivity contribution in [1.82, 2.24) is 9.80 Å². The van der Waals surface area contributed by atoms with Gasteiger partial charge in [-0.15, -0.1) is 0 Å². The molecular weight excluding hydrogens is 406 g/mol. The van der Waals surface area contributed by atoms with Gasteiger partial charge >= 0.3 is 0 Å². The smallest absolute Gasteiger partial charge is 0.236 e. The first-order valence-corrected chi connectivity index (χ1v) is 11.5. The molecule has 1 atom stereocenters. The lowest BCUT2D eigenvalue weighted by Gasteiger charge is -2.37. The maximum Gasteiger partial charge on any atom is 0.236 e. The highest BCUT2D eigenvalue weighted by atomic mass is 16.6. The Kier molecular flexibility index (Phi) is 6.08. The van der Waals surface area contributed by atoms with Gasteiger partial charge in [-0.3, -0.25) is 9.69 Å². The first kappa shape index (κ1) is 20.9. The molecule has 3 heterocycles. The Morgan fingerprint density at radius 3 is 2.59 bits per heavy atom. The number of rotatable bonds is 5. The van der Waals surface area contributed by atoms with Crippen molar-refractivity contribution in [3.63, 3.8) is 0 Å². The van der Waals surface area contributed by atoms with Gasteiger partial charge in [0.15, 0.2) is 11.5 Å². The van der Waals surface area contributed by atoms with Gasteiger partial charge in [0, 0.05) is 32.2 Å². The third-order valence-electron chi connectivity index (χ3n) is 6.71. The Hall–Kier alpha value is -2.93. The highest BCUT2D eigenvalue weighted by Gasteiger charge is 2.31. The molecule has 0 spiro atoms. The van der Waals surface area contributed by atoms with E-state index in [9.17, 15) is 4.79 Å². The third-order valence-corrected chi connectivity index (χ3v) is 6.71. The molecule has 2 aromatic rings. The molecule has 32 heavy (non-hydrogen) atoms. The number of para-hydroxylation sites is 2. The van der Waals surface area contributed by atoms with E-state index in [1.165, 1.54) is 5.56 Å². The van der Waals surface area contributed by atoms with Crippen LogP contribution in [0.5, 0.6) is 17.2 Å². The molecule has 2 saturated heterocycles. The molecule has 2 fully saturated rings. The van der Waals surface area contributed by atoms with Crippen molar-refractivity contribution < 1.29 is 19.0 Å². The number of piperazine rings is 1. The molecule has 0 aliphatic carbocycles. The molecule has 5 rings (SSSR count). The molecule has 3 aliphatic rings. The fraction of sp³-hybridized carbons (Fsp3) is 0.480. The predicted octanol–water partition coefficient (Wildman–Crippen LogP) is 2.95. The second kappa shape index (κ2) is 9.28. The highest BCUT2D eigenvalue weighted by molar-refractivity contribution is 5.79. The van der Waals surface area contributed by atoms with Gasteiger partial charge < -0.3 is 24.0 Å². The monoisotopic (exact) mass is 437 g/mol. The minimum absolute atomic E-state index is 0.217. The molecule has 170 valence electrons. The van der Waals surface area contributed by atoms with Crippen molar-refractivity contribution in [2.45, 2.75) is 18.9 Å². The zero-order chi connectivity index (χ0) is 21.9. The Morgan fingerprint density at radius 2 is 1.78 bits per heavy atom. The topological polar surface area (TPSA) is 54.5 Å². The number of fused-ring (bicyclic) bond motifs is 1. The number of likely N-dealkylation sites (tertiary alicyclic amines) is 1. The zero-order valence-electron chi connectivity index (χ0n) is 18.7. The fourth-order valence-corrected chi connectivity index (χ4v) is 5.02. The molecule has 0 N–H and O–H groups in total. The number of hydrogen-bond acceptors (Lipinski definition) is 6. The lowest BCUT2D eigenvalue weighted by molar-refractivity contribution is -0.133. The summed E-state index contributed by atoms with van der Waals surface area (Å²) in [5.41, 5.74) is 2.31. The molecule has 3 aliphatic heterocycles. The summed E-state index contributed by atoms with van der Waals surface area (Å²) in [6.07, 6.45) is 2.17. The van der Waals surface area contributed by atoms with E-state index < -0.39 is 0 Å². The highest BCUT2D eigenvalue weighted by Crippen LogP contribution is 2.38. The van der Waals surface area contributed by atoms with E-state index in [-0.39, 0.29) is 11.9 Å². The maximum absolute atomic E-state index is 13.1. The number of methoxy groups -OCH3 is 1. The van der Waals surface area contributed by atoms with E-state index in [1.54, 1.807) is 7.11 Å². The normalized spacial score (nSPS) is 21.0. The molecule has 7 nitrogen and oxygen atoms in total.